The zero-order chi connectivity index (χ0) is 23.3. The molecule has 2 N–H and O–H groups in total. The first-order valence-corrected chi connectivity index (χ1v) is 12.1. The van der Waals surface area contributed by atoms with Crippen LogP contribution >= 0.6 is 0 Å². The normalized spacial score (nSPS) is 17.0. The van der Waals surface area contributed by atoms with Gasteiger partial charge in [0.15, 0.2) is 0 Å². The standard InChI is InChI=1S/C23H28FN3O4S/c1-16-6-7-17(2)21(15-16)32(30,31)27-14-4-3-5-20(27)12-13-25-22(28)23(29)26-19-10-8-18(24)9-11-19/h6-11,15,20H,3-5,12-14H2,1-2H3,(H,25,28)(H,26,29)/t20-/m0/s1. The molecule has 2 aromatic carbocycles. The second-order valence-electron chi connectivity index (χ2n) is 8.04. The number of hydrogen-bond acceptors (Lipinski definition) is 4. The number of carbonyl (C=O) groups excluding carboxylic acids is 2. The number of carbonyl (C=O) groups is 2. The van der Waals surface area contributed by atoms with E-state index in [0.717, 1.165) is 18.4 Å². The van der Waals surface area contributed by atoms with E-state index in [1.54, 1.807) is 19.1 Å². The molecular weight excluding hydrogens is 433 g/mol. The molecule has 0 bridgehead atoms. The molecule has 0 radical (unpaired) electrons. The Balaban J connectivity index is 1.60. The predicted octanol–water partition coefficient (Wildman–Crippen LogP) is 3.13. The first-order chi connectivity index (χ1) is 15.2. The monoisotopic (exact) mass is 461 g/mol. The molecule has 1 fully saturated rings. The maximum Gasteiger partial charge on any atom is 0.313 e. The van der Waals surface area contributed by atoms with E-state index in [0.29, 0.717) is 35.5 Å². The van der Waals surface area contributed by atoms with Crippen LogP contribution in [0.1, 0.15) is 36.8 Å². The van der Waals surface area contributed by atoms with Crippen LogP contribution in [-0.4, -0.2) is 43.7 Å². The van der Waals surface area contributed by atoms with E-state index in [9.17, 15) is 22.4 Å². The molecule has 0 unspecified atom stereocenters. The second-order valence-corrected chi connectivity index (χ2v) is 9.90. The lowest BCUT2D eigenvalue weighted by molar-refractivity contribution is -0.136. The molecule has 32 heavy (non-hydrogen) atoms. The van der Waals surface area contributed by atoms with E-state index in [1.807, 2.05) is 13.0 Å². The summed E-state index contributed by atoms with van der Waals surface area (Å²) in [5.74, 6) is -2.13. The molecular formula is C23H28FN3O4S. The van der Waals surface area contributed by atoms with Gasteiger partial charge in [-0.15, -0.1) is 0 Å². The van der Waals surface area contributed by atoms with Gasteiger partial charge >= 0.3 is 11.8 Å². The van der Waals surface area contributed by atoms with Gasteiger partial charge in [-0.2, -0.15) is 4.31 Å². The third-order valence-corrected chi connectivity index (χ3v) is 7.67. The Labute approximate surface area is 188 Å². The summed E-state index contributed by atoms with van der Waals surface area (Å²) < 4.78 is 41.2. The number of aryl methyl sites for hydroxylation is 2. The topological polar surface area (TPSA) is 95.6 Å². The molecule has 172 valence electrons. The Hall–Kier alpha value is -2.78. The molecule has 1 aliphatic rings. The average Bonchev–Trinajstić information content (AvgIpc) is 2.77. The molecule has 1 heterocycles. The zero-order valence-corrected chi connectivity index (χ0v) is 19.0. The highest BCUT2D eigenvalue weighted by atomic mass is 32.2. The molecule has 0 saturated carbocycles. The van der Waals surface area contributed by atoms with Crippen LogP contribution in [0.4, 0.5) is 10.1 Å². The van der Waals surface area contributed by atoms with Crippen molar-refractivity contribution >= 4 is 27.5 Å². The summed E-state index contributed by atoms with van der Waals surface area (Å²) in [6.45, 7) is 4.24. The van der Waals surface area contributed by atoms with Crippen LogP contribution in [0.5, 0.6) is 0 Å². The van der Waals surface area contributed by atoms with Gasteiger partial charge < -0.3 is 10.6 Å². The molecule has 0 spiro atoms. The highest BCUT2D eigenvalue weighted by molar-refractivity contribution is 7.89. The van der Waals surface area contributed by atoms with Crippen LogP contribution < -0.4 is 10.6 Å². The van der Waals surface area contributed by atoms with Gasteiger partial charge in [0.25, 0.3) is 0 Å². The van der Waals surface area contributed by atoms with Gasteiger partial charge in [-0.3, -0.25) is 9.59 Å². The number of nitrogens with one attached hydrogen (secondary N) is 2. The van der Waals surface area contributed by atoms with Crippen LogP contribution in [0.2, 0.25) is 0 Å². The number of rotatable bonds is 6. The first kappa shape index (κ1) is 23.9. The van der Waals surface area contributed by atoms with Crippen molar-refractivity contribution in [1.82, 2.24) is 9.62 Å². The Morgan fingerprint density at radius 3 is 2.50 bits per heavy atom. The molecule has 7 nitrogen and oxygen atoms in total. The fourth-order valence-electron chi connectivity index (χ4n) is 3.84. The van der Waals surface area contributed by atoms with E-state index in [-0.39, 0.29) is 12.6 Å². The summed E-state index contributed by atoms with van der Waals surface area (Å²) in [7, 11) is -3.66. The molecule has 0 aromatic heterocycles. The maximum atomic E-state index is 13.4. The minimum absolute atomic E-state index is 0.166. The van der Waals surface area contributed by atoms with E-state index in [1.165, 1.54) is 28.6 Å². The number of halogens is 1. The second kappa shape index (κ2) is 10.2. The summed E-state index contributed by atoms with van der Waals surface area (Å²) >= 11 is 0. The molecule has 9 heteroatoms. The van der Waals surface area contributed by atoms with Crippen molar-refractivity contribution in [2.24, 2.45) is 0 Å². The smallest absolute Gasteiger partial charge is 0.313 e. The number of hydrogen-bond donors (Lipinski definition) is 2. The van der Waals surface area contributed by atoms with E-state index in [2.05, 4.69) is 10.6 Å². The van der Waals surface area contributed by atoms with Gasteiger partial charge in [0.05, 0.1) is 4.90 Å². The molecule has 3 rings (SSSR count). The number of sulfonamides is 1. The van der Waals surface area contributed by atoms with Gasteiger partial charge in [0, 0.05) is 24.8 Å². The summed E-state index contributed by atoms with van der Waals surface area (Å²) in [6.07, 6.45) is 2.79. The van der Waals surface area contributed by atoms with Gasteiger partial charge in [0.1, 0.15) is 5.82 Å². The molecule has 1 aliphatic heterocycles. The Morgan fingerprint density at radius 1 is 1.06 bits per heavy atom. The van der Waals surface area contributed by atoms with E-state index >= 15 is 0 Å². The van der Waals surface area contributed by atoms with Gasteiger partial charge in [0.2, 0.25) is 10.0 Å². The molecule has 2 aromatic rings. The molecule has 1 saturated heterocycles. The number of benzene rings is 2. The zero-order valence-electron chi connectivity index (χ0n) is 18.2. The molecule has 1 atom stereocenters. The van der Waals surface area contributed by atoms with Crippen LogP contribution in [0, 0.1) is 19.7 Å². The Morgan fingerprint density at radius 2 is 1.78 bits per heavy atom. The lowest BCUT2D eigenvalue weighted by Gasteiger charge is -2.35. The number of piperidine rings is 1. The fourth-order valence-corrected chi connectivity index (χ4v) is 5.88. The van der Waals surface area contributed by atoms with Gasteiger partial charge in [-0.1, -0.05) is 18.6 Å². The number of nitrogens with zero attached hydrogens (tertiary/aromatic N) is 1. The molecule has 0 aliphatic carbocycles. The lowest BCUT2D eigenvalue weighted by atomic mass is 10.0. The summed E-state index contributed by atoms with van der Waals surface area (Å²) in [6, 6.07) is 10.2. The van der Waals surface area contributed by atoms with Crippen molar-refractivity contribution in [2.75, 3.05) is 18.4 Å². The number of anilines is 1. The van der Waals surface area contributed by atoms with Crippen molar-refractivity contribution in [2.45, 2.75) is 50.5 Å². The van der Waals surface area contributed by atoms with E-state index in [4.69, 9.17) is 0 Å². The van der Waals surface area contributed by atoms with Crippen LogP contribution in [0.25, 0.3) is 0 Å². The lowest BCUT2D eigenvalue weighted by Crippen LogP contribution is -2.46. The van der Waals surface area contributed by atoms with Gasteiger partial charge in [-0.05, 0) is 74.6 Å². The minimum Gasteiger partial charge on any atom is -0.348 e. The van der Waals surface area contributed by atoms with Crippen LogP contribution in [-0.2, 0) is 19.6 Å². The SMILES string of the molecule is Cc1ccc(C)c(S(=O)(=O)N2CCCC[C@H]2CCNC(=O)C(=O)Nc2ccc(F)cc2)c1. The highest BCUT2D eigenvalue weighted by Gasteiger charge is 2.34. The third-order valence-electron chi connectivity index (χ3n) is 5.57. The van der Waals surface area contributed by atoms with Crippen molar-refractivity contribution in [3.8, 4) is 0 Å². The van der Waals surface area contributed by atoms with Crippen molar-refractivity contribution in [1.29, 1.82) is 0 Å². The van der Waals surface area contributed by atoms with Crippen molar-refractivity contribution in [3.05, 3.63) is 59.4 Å². The summed E-state index contributed by atoms with van der Waals surface area (Å²) in [5.41, 5.74) is 1.89. The Bertz CT molecular complexity index is 1090. The van der Waals surface area contributed by atoms with Crippen molar-refractivity contribution in [3.63, 3.8) is 0 Å². The Kier molecular flexibility index (Phi) is 7.63. The van der Waals surface area contributed by atoms with Crippen LogP contribution in [0.3, 0.4) is 0 Å². The quantitative estimate of drug-likeness (QED) is 0.646. The summed E-state index contributed by atoms with van der Waals surface area (Å²) in [4.78, 5) is 24.5. The maximum absolute atomic E-state index is 13.4. The largest absolute Gasteiger partial charge is 0.348 e. The third kappa shape index (κ3) is 5.72. The highest BCUT2D eigenvalue weighted by Crippen LogP contribution is 2.29. The minimum atomic E-state index is -3.66. The van der Waals surface area contributed by atoms with Gasteiger partial charge in [-0.25, -0.2) is 12.8 Å². The van der Waals surface area contributed by atoms with Crippen LogP contribution in [0.15, 0.2) is 47.4 Å². The average molecular weight is 462 g/mol. The fraction of sp³-hybridized carbons (Fsp3) is 0.391. The summed E-state index contributed by atoms with van der Waals surface area (Å²) in [5, 5.41) is 4.95. The predicted molar refractivity (Wildman–Crippen MR) is 120 cm³/mol. The molecule has 2 amide bonds. The van der Waals surface area contributed by atoms with E-state index < -0.39 is 27.7 Å². The first-order valence-electron chi connectivity index (χ1n) is 10.6. The van der Waals surface area contributed by atoms with Crippen molar-refractivity contribution < 1.29 is 22.4 Å². The number of amides is 2.